The zero-order valence-electron chi connectivity index (χ0n) is 24.4. The summed E-state index contributed by atoms with van der Waals surface area (Å²) in [5.41, 5.74) is 4.19. The van der Waals surface area contributed by atoms with Crippen molar-refractivity contribution < 1.29 is 29.0 Å². The molecule has 0 spiro atoms. The Morgan fingerprint density at radius 1 is 0.977 bits per heavy atom. The fraction of sp³-hybridized carbons (Fsp3) is 0.235. The number of aryl methyl sites for hydroxylation is 3. The van der Waals surface area contributed by atoms with Gasteiger partial charge in [0.15, 0.2) is 5.13 Å². The van der Waals surface area contributed by atoms with Crippen LogP contribution in [0.5, 0.6) is 5.75 Å². The number of aliphatic hydroxyl groups excluding tert-OH is 1. The number of carbonyl (C=O) groups excluding carboxylic acids is 3. The van der Waals surface area contributed by atoms with Crippen LogP contribution in [0.4, 0.5) is 5.13 Å². The molecule has 1 aliphatic heterocycles. The maximum absolute atomic E-state index is 13.6. The molecular formula is C34H32N2O6S. The van der Waals surface area contributed by atoms with Crippen LogP contribution in [0.1, 0.15) is 63.1 Å². The van der Waals surface area contributed by atoms with Gasteiger partial charge in [-0.05, 0) is 67.6 Å². The summed E-state index contributed by atoms with van der Waals surface area (Å²) < 4.78 is 11.1. The number of ether oxygens (including phenoxy) is 2. The van der Waals surface area contributed by atoms with Crippen molar-refractivity contribution in [2.75, 3.05) is 11.5 Å². The Kier molecular flexibility index (Phi) is 8.73. The van der Waals surface area contributed by atoms with Crippen molar-refractivity contribution in [1.82, 2.24) is 4.98 Å². The van der Waals surface area contributed by atoms with Crippen LogP contribution in [0.25, 0.3) is 5.76 Å². The number of amides is 1. The van der Waals surface area contributed by atoms with Gasteiger partial charge in [0.1, 0.15) is 23.0 Å². The summed E-state index contributed by atoms with van der Waals surface area (Å²) in [5, 5.41) is 11.8. The molecule has 5 rings (SSSR count). The molecule has 1 aromatic heterocycles. The van der Waals surface area contributed by atoms with Crippen LogP contribution in [0, 0.1) is 13.8 Å². The Bertz CT molecular complexity index is 1710. The highest BCUT2D eigenvalue weighted by molar-refractivity contribution is 7.17. The normalized spacial score (nSPS) is 16.0. The monoisotopic (exact) mass is 596 g/mol. The van der Waals surface area contributed by atoms with Crippen LogP contribution in [0.3, 0.4) is 0 Å². The third-order valence-electron chi connectivity index (χ3n) is 7.29. The van der Waals surface area contributed by atoms with E-state index in [1.54, 1.807) is 32.0 Å². The quantitative estimate of drug-likeness (QED) is 0.0991. The zero-order valence-corrected chi connectivity index (χ0v) is 25.2. The molecule has 4 aromatic rings. The summed E-state index contributed by atoms with van der Waals surface area (Å²) >= 11 is 0.981. The minimum Gasteiger partial charge on any atom is -0.507 e. The van der Waals surface area contributed by atoms with Gasteiger partial charge in [-0.1, -0.05) is 72.9 Å². The van der Waals surface area contributed by atoms with Crippen LogP contribution in [-0.4, -0.2) is 34.4 Å². The third kappa shape index (κ3) is 5.94. The maximum Gasteiger partial charge on any atom is 0.350 e. The molecule has 1 amide bonds. The summed E-state index contributed by atoms with van der Waals surface area (Å²) in [5.74, 6) is -1.89. The topological polar surface area (TPSA) is 106 Å². The molecule has 0 saturated carbocycles. The average Bonchev–Trinajstić information content (AvgIpc) is 3.52. The van der Waals surface area contributed by atoms with Crippen LogP contribution >= 0.6 is 11.3 Å². The van der Waals surface area contributed by atoms with Gasteiger partial charge in [-0.2, -0.15) is 0 Å². The van der Waals surface area contributed by atoms with Gasteiger partial charge in [-0.3, -0.25) is 14.5 Å². The first-order chi connectivity index (χ1) is 20.7. The van der Waals surface area contributed by atoms with Crippen LogP contribution < -0.4 is 9.64 Å². The standard InChI is InChI=1S/C34H32N2O6S/c1-5-22-12-14-24(15-13-22)28-27(30(38)32(39)36(28)34-35-21(4)31(43-34)33(40)41-6-2)29(37)25-16-17-26(20(3)18-25)42-19-23-10-8-7-9-11-23/h7-18,28,37H,5-6,19H2,1-4H3/t28-/m1/s1. The van der Waals surface area contributed by atoms with Crippen molar-refractivity contribution in [2.45, 2.75) is 46.8 Å². The molecule has 8 nitrogen and oxygen atoms in total. The number of ketones is 1. The summed E-state index contributed by atoms with van der Waals surface area (Å²) in [6, 6.07) is 21.5. The minimum atomic E-state index is -0.958. The van der Waals surface area contributed by atoms with E-state index in [1.165, 1.54) is 4.90 Å². The van der Waals surface area contributed by atoms with E-state index in [9.17, 15) is 19.5 Å². The van der Waals surface area contributed by atoms with Gasteiger partial charge < -0.3 is 14.6 Å². The highest BCUT2D eigenvalue weighted by Gasteiger charge is 2.48. The molecule has 3 aromatic carbocycles. The smallest absolute Gasteiger partial charge is 0.350 e. The summed E-state index contributed by atoms with van der Waals surface area (Å²) in [4.78, 5) is 45.7. The number of esters is 1. The minimum absolute atomic E-state index is 0.0582. The molecule has 1 aliphatic rings. The van der Waals surface area contributed by atoms with Crippen molar-refractivity contribution in [3.63, 3.8) is 0 Å². The molecule has 0 radical (unpaired) electrons. The van der Waals surface area contributed by atoms with Crippen LogP contribution in [-0.2, 0) is 27.4 Å². The summed E-state index contributed by atoms with van der Waals surface area (Å²) in [6.45, 7) is 7.81. The van der Waals surface area contributed by atoms with E-state index >= 15 is 0 Å². The number of benzene rings is 3. The van der Waals surface area contributed by atoms with E-state index in [4.69, 9.17) is 9.47 Å². The fourth-order valence-electron chi connectivity index (χ4n) is 5.00. The molecule has 0 aliphatic carbocycles. The number of nitrogens with zero attached hydrogens (tertiary/aromatic N) is 2. The highest BCUT2D eigenvalue weighted by atomic mass is 32.1. The van der Waals surface area contributed by atoms with Gasteiger partial charge in [-0.25, -0.2) is 9.78 Å². The third-order valence-corrected chi connectivity index (χ3v) is 8.42. The molecular weight excluding hydrogens is 564 g/mol. The number of hydrogen-bond acceptors (Lipinski definition) is 8. The number of anilines is 1. The molecule has 1 saturated heterocycles. The predicted molar refractivity (Wildman–Crippen MR) is 165 cm³/mol. The number of Topliss-reactive ketones (excluding diaryl/α,β-unsaturated/α-hetero) is 1. The first kappa shape index (κ1) is 29.7. The SMILES string of the molecule is CCOC(=O)c1sc(N2C(=O)C(=O)C(=C(O)c3ccc(OCc4ccccc4)c(C)c3)[C@H]2c2ccc(CC)cc2)nc1C. The average molecular weight is 597 g/mol. The molecule has 220 valence electrons. The van der Waals surface area contributed by atoms with Gasteiger partial charge >= 0.3 is 11.9 Å². The molecule has 43 heavy (non-hydrogen) atoms. The Morgan fingerprint density at radius 2 is 1.70 bits per heavy atom. The fourth-order valence-corrected chi connectivity index (χ4v) is 5.99. The van der Waals surface area contributed by atoms with Crippen molar-refractivity contribution in [3.8, 4) is 5.75 Å². The molecule has 9 heteroatoms. The van der Waals surface area contributed by atoms with E-state index < -0.39 is 23.7 Å². The van der Waals surface area contributed by atoms with Crippen molar-refractivity contribution in [2.24, 2.45) is 0 Å². The lowest BCUT2D eigenvalue weighted by Crippen LogP contribution is -2.29. The number of carbonyl (C=O) groups is 3. The van der Waals surface area contributed by atoms with Crippen molar-refractivity contribution in [3.05, 3.63) is 117 Å². The lowest BCUT2D eigenvalue weighted by atomic mass is 9.94. The number of aromatic nitrogens is 1. The summed E-state index contributed by atoms with van der Waals surface area (Å²) in [6.07, 6.45) is 0.813. The lowest BCUT2D eigenvalue weighted by Gasteiger charge is -2.23. The Balaban J connectivity index is 1.57. The maximum atomic E-state index is 13.6. The van der Waals surface area contributed by atoms with Crippen molar-refractivity contribution in [1.29, 1.82) is 0 Å². The predicted octanol–water partition coefficient (Wildman–Crippen LogP) is 6.70. The first-order valence-corrected chi connectivity index (χ1v) is 14.9. The second-order valence-electron chi connectivity index (χ2n) is 10.2. The van der Waals surface area contributed by atoms with Crippen molar-refractivity contribution >= 4 is 39.9 Å². The largest absolute Gasteiger partial charge is 0.507 e. The highest BCUT2D eigenvalue weighted by Crippen LogP contribution is 2.44. The van der Waals surface area contributed by atoms with Gasteiger partial charge in [-0.15, -0.1) is 0 Å². The Labute approximate surface area is 254 Å². The zero-order chi connectivity index (χ0) is 30.7. The second kappa shape index (κ2) is 12.6. The van der Waals surface area contributed by atoms with E-state index in [1.807, 2.05) is 68.4 Å². The van der Waals surface area contributed by atoms with E-state index in [-0.39, 0.29) is 27.9 Å². The summed E-state index contributed by atoms with van der Waals surface area (Å²) in [7, 11) is 0. The van der Waals surface area contributed by atoms with Gasteiger partial charge in [0.2, 0.25) is 0 Å². The van der Waals surface area contributed by atoms with Gasteiger partial charge in [0, 0.05) is 5.56 Å². The van der Waals surface area contributed by atoms with Crippen LogP contribution in [0.2, 0.25) is 0 Å². The Morgan fingerprint density at radius 3 is 2.35 bits per heavy atom. The number of hydrogen-bond donors (Lipinski definition) is 1. The lowest BCUT2D eigenvalue weighted by molar-refractivity contribution is -0.132. The molecule has 2 heterocycles. The molecule has 1 atom stereocenters. The Hall–Kier alpha value is -4.76. The molecule has 1 N–H and O–H groups in total. The van der Waals surface area contributed by atoms with E-state index in [0.29, 0.717) is 29.2 Å². The van der Waals surface area contributed by atoms with E-state index in [2.05, 4.69) is 4.98 Å². The molecule has 1 fully saturated rings. The number of thiazole rings is 1. The van der Waals surface area contributed by atoms with Gasteiger partial charge in [0.25, 0.3) is 5.78 Å². The molecule has 0 bridgehead atoms. The van der Waals surface area contributed by atoms with Crippen LogP contribution in [0.15, 0.2) is 78.4 Å². The number of rotatable bonds is 9. The number of aliphatic hydroxyl groups is 1. The van der Waals surface area contributed by atoms with E-state index in [0.717, 1.165) is 34.4 Å². The second-order valence-corrected chi connectivity index (χ2v) is 11.1. The van der Waals surface area contributed by atoms with Gasteiger partial charge in [0.05, 0.1) is 23.9 Å². The first-order valence-electron chi connectivity index (χ1n) is 14.1. The molecule has 0 unspecified atom stereocenters.